The first-order chi connectivity index (χ1) is 22.4. The zero-order valence-corrected chi connectivity index (χ0v) is 25.1. The Bertz CT molecular complexity index is 2690. The second kappa shape index (κ2) is 9.32. The number of hydrogen-bond acceptors (Lipinski definition) is 9. The van der Waals surface area contributed by atoms with Crippen LogP contribution < -0.4 is 16.0 Å². The van der Waals surface area contributed by atoms with Gasteiger partial charge in [0.25, 0.3) is 0 Å². The van der Waals surface area contributed by atoms with Gasteiger partial charge >= 0.3 is 0 Å². The Morgan fingerprint density at radius 3 is 2.50 bits per heavy atom. The van der Waals surface area contributed by atoms with Gasteiger partial charge in [-0.15, -0.1) is 0 Å². The molecule has 0 amide bonds. The van der Waals surface area contributed by atoms with Crippen LogP contribution in [0.1, 0.15) is 12.6 Å². The van der Waals surface area contributed by atoms with Crippen molar-refractivity contribution >= 4 is 66.5 Å². The maximum absolute atomic E-state index is 6.91. The van der Waals surface area contributed by atoms with E-state index >= 15 is 0 Å². The molecule has 0 fully saturated rings. The number of benzene rings is 3. The lowest BCUT2D eigenvalue weighted by Crippen LogP contribution is -2.35. The van der Waals surface area contributed by atoms with Crippen LogP contribution in [0.15, 0.2) is 71.7 Å². The van der Waals surface area contributed by atoms with E-state index in [1.54, 1.807) is 15.7 Å². The fourth-order valence-electron chi connectivity index (χ4n) is 6.52. The summed E-state index contributed by atoms with van der Waals surface area (Å²) in [5, 5.41) is 21.6. The third kappa shape index (κ3) is 3.53. The number of aromatic amines is 1. The molecule has 0 aliphatic heterocycles. The lowest BCUT2D eigenvalue weighted by Gasteiger charge is -2.05. The Balaban J connectivity index is 1.20. The van der Waals surface area contributed by atoms with Crippen LogP contribution in [0.2, 0.25) is 0 Å². The maximum atomic E-state index is 6.91. The minimum Gasteiger partial charge on any atom is -0.455 e. The number of H-pyrrole nitrogens is 1. The largest absolute Gasteiger partial charge is 0.455 e. The molecule has 0 unspecified atom stereocenters. The van der Waals surface area contributed by atoms with Crippen LogP contribution in [0.4, 0.5) is 11.6 Å². The maximum Gasteiger partial charge on any atom is 0.241 e. The van der Waals surface area contributed by atoms with Gasteiger partial charge in [0.05, 0.1) is 16.6 Å². The van der Waals surface area contributed by atoms with Gasteiger partial charge in [-0.3, -0.25) is 5.10 Å². The second-order valence-corrected chi connectivity index (χ2v) is 11.3. The quantitative estimate of drug-likeness (QED) is 0.239. The van der Waals surface area contributed by atoms with Crippen LogP contribution in [-0.2, 0) is 20.5 Å². The number of nitrogens with two attached hydrogens (primary N) is 2. The zero-order chi connectivity index (χ0) is 31.3. The molecule has 13 heteroatoms. The lowest BCUT2D eigenvalue weighted by atomic mass is 10.0. The van der Waals surface area contributed by atoms with Crippen LogP contribution in [0.25, 0.3) is 83.1 Å². The first-order valence-corrected chi connectivity index (χ1v) is 14.8. The molecule has 46 heavy (non-hydrogen) atoms. The molecule has 6 aromatic heterocycles. The molecule has 0 atom stereocenters. The topological polar surface area (TPSA) is 172 Å². The van der Waals surface area contributed by atoms with Crippen molar-refractivity contribution in [2.24, 2.45) is 14.1 Å². The average Bonchev–Trinajstić information content (AvgIpc) is 3.83. The van der Waals surface area contributed by atoms with Crippen LogP contribution in [0.3, 0.4) is 0 Å². The number of hydrogen-bond donors (Lipinski definition) is 3. The highest BCUT2D eigenvalue weighted by atomic mass is 16.3. The zero-order valence-electron chi connectivity index (χ0n) is 25.1. The van der Waals surface area contributed by atoms with Crippen molar-refractivity contribution in [3.05, 3.63) is 72.9 Å². The van der Waals surface area contributed by atoms with E-state index in [-0.39, 0.29) is 0 Å². The number of anilines is 2. The number of para-hydroxylation sites is 1. The Morgan fingerprint density at radius 2 is 1.65 bits per heavy atom. The third-order valence-corrected chi connectivity index (χ3v) is 8.74. The van der Waals surface area contributed by atoms with E-state index in [1.165, 1.54) is 6.33 Å². The van der Waals surface area contributed by atoms with Crippen LogP contribution >= 0.6 is 0 Å². The summed E-state index contributed by atoms with van der Waals surface area (Å²) in [7, 11) is 3.70. The first kappa shape index (κ1) is 26.1. The first-order valence-electron chi connectivity index (χ1n) is 14.8. The standard InChI is InChI=1S/C33H26N12O/c1-4-22-20-10-8-16(12-23(20)40-39-22)27-26-31(35)45(15-38-33(26)44(3)41-27)17-9-11-18-19-6-5-7-21(29(19)46-24(18)13-17)28-25-30(34)36-14-37-32(25)43(2)42-28/h5-15,35H,4H2,1-3H3,(H3,34,36,37,39,40,41,42)/p+1. The van der Waals surface area contributed by atoms with Crippen LogP contribution in [-0.4, -0.2) is 44.7 Å². The molecule has 5 N–H and O–H groups in total. The van der Waals surface area contributed by atoms with Crippen LogP contribution in [0.5, 0.6) is 0 Å². The van der Waals surface area contributed by atoms with Gasteiger partial charge in [-0.05, 0) is 30.7 Å². The number of rotatable bonds is 4. The number of nitrogens with zero attached hydrogens (tertiary/aromatic N) is 9. The molecule has 0 aliphatic rings. The van der Waals surface area contributed by atoms with Gasteiger partial charge in [0.1, 0.15) is 45.8 Å². The van der Waals surface area contributed by atoms with E-state index in [0.717, 1.165) is 61.7 Å². The molecule has 224 valence electrons. The Hall–Kier alpha value is -6.37. The normalized spacial score (nSPS) is 12.1. The van der Waals surface area contributed by atoms with Crippen LogP contribution in [0, 0.1) is 0 Å². The molecule has 6 heterocycles. The Labute approximate surface area is 260 Å². The Kier molecular flexibility index (Phi) is 5.28. The minimum atomic E-state index is 0.364. The van der Waals surface area contributed by atoms with Gasteiger partial charge in [0, 0.05) is 47.4 Å². The van der Waals surface area contributed by atoms with Gasteiger partial charge in [-0.2, -0.15) is 15.3 Å². The number of aryl methyl sites for hydroxylation is 3. The molecule has 0 spiro atoms. The SMILES string of the molecule is CCc1n[nH]c2cc(-c3nn(C)c4nc[n+](-c5ccc6c(c5)oc5c(-c7nn(C)c8ncnc(N)c78)cccc56)c(N)c34)ccc12. The highest BCUT2D eigenvalue weighted by Crippen LogP contribution is 2.39. The minimum absolute atomic E-state index is 0.364. The highest BCUT2D eigenvalue weighted by molar-refractivity contribution is 6.12. The van der Waals surface area contributed by atoms with E-state index in [2.05, 4.69) is 45.3 Å². The number of fused-ring (bicyclic) bond motifs is 6. The molecular weight excluding hydrogens is 580 g/mol. The van der Waals surface area contributed by atoms with E-state index in [1.807, 2.05) is 55.1 Å². The Morgan fingerprint density at radius 1 is 0.848 bits per heavy atom. The van der Waals surface area contributed by atoms with E-state index < -0.39 is 0 Å². The van der Waals surface area contributed by atoms with Crippen molar-refractivity contribution in [3.63, 3.8) is 0 Å². The van der Waals surface area contributed by atoms with Crippen molar-refractivity contribution in [2.45, 2.75) is 13.3 Å². The van der Waals surface area contributed by atoms with E-state index in [9.17, 15) is 0 Å². The summed E-state index contributed by atoms with van der Waals surface area (Å²) in [6.07, 6.45) is 4.01. The molecular formula is C33H27N12O+. The molecule has 9 rings (SSSR count). The number of nitrogens with one attached hydrogen (secondary N) is 1. The van der Waals surface area contributed by atoms with Gasteiger partial charge in [0.15, 0.2) is 5.65 Å². The summed E-state index contributed by atoms with van der Waals surface area (Å²) in [6, 6.07) is 18.2. The molecule has 13 nitrogen and oxygen atoms in total. The number of aromatic nitrogens is 10. The summed E-state index contributed by atoms with van der Waals surface area (Å²) in [5.74, 6) is 0.877. The second-order valence-electron chi connectivity index (χ2n) is 11.3. The smallest absolute Gasteiger partial charge is 0.241 e. The average molecular weight is 608 g/mol. The number of nitrogen functional groups attached to an aromatic ring is 2. The summed E-state index contributed by atoms with van der Waals surface area (Å²) < 4.78 is 11.9. The van der Waals surface area contributed by atoms with Gasteiger partial charge < -0.3 is 15.9 Å². The van der Waals surface area contributed by atoms with E-state index in [4.69, 9.17) is 31.1 Å². The molecule has 3 aromatic carbocycles. The predicted octanol–water partition coefficient (Wildman–Crippen LogP) is 4.76. The highest BCUT2D eigenvalue weighted by Gasteiger charge is 2.25. The van der Waals surface area contributed by atoms with Crippen molar-refractivity contribution in [2.75, 3.05) is 11.5 Å². The number of furan rings is 1. The summed E-state index contributed by atoms with van der Waals surface area (Å²) in [5.41, 5.74) is 21.8. The predicted molar refractivity (Wildman–Crippen MR) is 176 cm³/mol. The lowest BCUT2D eigenvalue weighted by molar-refractivity contribution is -0.582. The molecule has 0 saturated carbocycles. The van der Waals surface area contributed by atoms with Crippen molar-refractivity contribution in [1.29, 1.82) is 0 Å². The van der Waals surface area contributed by atoms with Gasteiger partial charge in [-0.25, -0.2) is 23.9 Å². The van der Waals surface area contributed by atoms with E-state index in [0.29, 0.717) is 45.2 Å². The van der Waals surface area contributed by atoms with Gasteiger partial charge in [0.2, 0.25) is 17.8 Å². The molecule has 0 bridgehead atoms. The fourth-order valence-corrected chi connectivity index (χ4v) is 6.52. The molecule has 0 saturated heterocycles. The molecule has 0 aliphatic carbocycles. The van der Waals surface area contributed by atoms with Crippen molar-refractivity contribution < 1.29 is 8.98 Å². The fraction of sp³-hybridized carbons (Fsp3) is 0.121. The monoisotopic (exact) mass is 607 g/mol. The van der Waals surface area contributed by atoms with Crippen molar-refractivity contribution in [1.82, 2.24) is 44.7 Å². The summed E-state index contributed by atoms with van der Waals surface area (Å²) >= 11 is 0. The molecule has 0 radical (unpaired) electrons. The third-order valence-electron chi connectivity index (χ3n) is 8.74. The summed E-state index contributed by atoms with van der Waals surface area (Å²) in [6.45, 7) is 2.09. The summed E-state index contributed by atoms with van der Waals surface area (Å²) in [4.78, 5) is 13.3. The van der Waals surface area contributed by atoms with Crippen molar-refractivity contribution in [3.8, 4) is 28.2 Å². The molecule has 9 aromatic rings. The van der Waals surface area contributed by atoms with Gasteiger partial charge in [-0.1, -0.05) is 36.2 Å².